The third kappa shape index (κ3) is 5.36. The first-order chi connectivity index (χ1) is 16.7. The molecule has 1 saturated heterocycles. The van der Waals surface area contributed by atoms with Gasteiger partial charge in [-0.3, -0.25) is 9.59 Å². The molecule has 11 heteroatoms. The van der Waals surface area contributed by atoms with E-state index in [4.69, 9.17) is 4.74 Å². The Labute approximate surface area is 206 Å². The Hall–Kier alpha value is -2.89. The minimum atomic E-state index is -3.75. The number of fused-ring (bicyclic) bond motifs is 1. The lowest BCUT2D eigenvalue weighted by Gasteiger charge is -2.30. The van der Waals surface area contributed by atoms with Crippen LogP contribution in [0.1, 0.15) is 25.3 Å². The predicted octanol–water partition coefficient (Wildman–Crippen LogP) is 3.24. The number of sulfonamides is 1. The largest absolute Gasteiger partial charge is 0.465 e. The Balaban J connectivity index is 1.64. The van der Waals surface area contributed by atoms with Crippen LogP contribution >= 0.6 is 11.3 Å². The van der Waals surface area contributed by atoms with Gasteiger partial charge in [-0.1, -0.05) is 35.1 Å². The summed E-state index contributed by atoms with van der Waals surface area (Å²) in [5.74, 6) is -2.25. The summed E-state index contributed by atoms with van der Waals surface area (Å²) in [6.07, 6.45) is 1.00. The molecule has 1 aliphatic heterocycles. The molecule has 1 aromatic heterocycles. The number of carbonyl (C=O) groups is 2. The van der Waals surface area contributed by atoms with Crippen LogP contribution < -0.4 is 4.80 Å². The van der Waals surface area contributed by atoms with Gasteiger partial charge >= 0.3 is 5.97 Å². The monoisotopic (exact) mass is 519 g/mol. The van der Waals surface area contributed by atoms with Crippen LogP contribution in [-0.4, -0.2) is 48.9 Å². The zero-order valence-corrected chi connectivity index (χ0v) is 21.1. The maximum absolute atomic E-state index is 14.6. The summed E-state index contributed by atoms with van der Waals surface area (Å²) in [6, 6.07) is 11.1. The fourth-order valence-electron chi connectivity index (χ4n) is 4.06. The highest BCUT2D eigenvalue weighted by atomic mass is 32.2. The van der Waals surface area contributed by atoms with Gasteiger partial charge in [-0.25, -0.2) is 12.8 Å². The van der Waals surface area contributed by atoms with Crippen molar-refractivity contribution in [3.8, 4) is 0 Å². The molecule has 0 saturated carbocycles. The van der Waals surface area contributed by atoms with Gasteiger partial charge in [0.15, 0.2) is 4.80 Å². The molecular formula is C24H26FN3O5S2. The maximum atomic E-state index is 14.6. The second kappa shape index (κ2) is 10.4. The highest BCUT2D eigenvalue weighted by molar-refractivity contribution is 7.89. The summed E-state index contributed by atoms with van der Waals surface area (Å²) in [5, 5.41) is 0. The van der Waals surface area contributed by atoms with Crippen LogP contribution in [0.15, 0.2) is 52.4 Å². The van der Waals surface area contributed by atoms with E-state index in [1.165, 1.54) is 14.9 Å². The molecule has 8 nitrogen and oxygen atoms in total. The molecular weight excluding hydrogens is 493 g/mol. The number of hydrogen-bond acceptors (Lipinski definition) is 6. The van der Waals surface area contributed by atoms with Crippen molar-refractivity contribution in [2.45, 2.75) is 38.1 Å². The first kappa shape index (κ1) is 25.2. The van der Waals surface area contributed by atoms with Crippen LogP contribution in [0.5, 0.6) is 0 Å². The average Bonchev–Trinajstić information content (AvgIpc) is 3.17. The van der Waals surface area contributed by atoms with E-state index in [0.717, 1.165) is 16.9 Å². The maximum Gasteiger partial charge on any atom is 0.326 e. The summed E-state index contributed by atoms with van der Waals surface area (Å²) in [6.45, 7) is 3.75. The van der Waals surface area contributed by atoms with Gasteiger partial charge < -0.3 is 9.30 Å². The lowest BCUT2D eigenvalue weighted by Crippen LogP contribution is -2.42. The summed E-state index contributed by atoms with van der Waals surface area (Å²) in [4.78, 5) is 29.9. The number of carbonyl (C=O) groups excluding carboxylic acids is 2. The Morgan fingerprint density at radius 1 is 1.20 bits per heavy atom. The van der Waals surface area contributed by atoms with Gasteiger partial charge in [0.2, 0.25) is 10.0 Å². The molecule has 0 N–H and O–H groups in total. The minimum absolute atomic E-state index is 0.00960. The number of piperidine rings is 1. The molecule has 0 bridgehead atoms. The second-order valence-electron chi connectivity index (χ2n) is 8.33. The van der Waals surface area contributed by atoms with Gasteiger partial charge in [-0.2, -0.15) is 9.30 Å². The number of ether oxygens (including phenoxy) is 1. The molecule has 1 atom stereocenters. The molecule has 0 aliphatic carbocycles. The number of amides is 1. The van der Waals surface area contributed by atoms with Crippen LogP contribution in [0, 0.1) is 18.7 Å². The van der Waals surface area contributed by atoms with Crippen molar-refractivity contribution in [2.24, 2.45) is 10.9 Å². The van der Waals surface area contributed by atoms with E-state index in [9.17, 15) is 22.4 Å². The standard InChI is InChI=1S/C24H26FN3O5S2/c1-3-33-21(29)15-28-22-19(25)7-4-8-20(22)34-24(28)26-23(30)17-6-5-13-27(14-17)35(31,32)18-11-9-16(2)10-12-18/h4,7-12,17H,3,5-6,13-15H2,1-2H3. The molecule has 2 aromatic carbocycles. The van der Waals surface area contributed by atoms with Crippen LogP contribution in [0.25, 0.3) is 10.2 Å². The SMILES string of the molecule is CCOC(=O)Cn1c(=NC(=O)C2CCCN(S(=O)(=O)c3ccc(C)cc3)C2)sc2cccc(F)c21. The van der Waals surface area contributed by atoms with Gasteiger partial charge in [0.05, 0.1) is 27.6 Å². The normalized spacial score (nSPS) is 17.6. The zero-order chi connectivity index (χ0) is 25.2. The molecule has 2 heterocycles. The van der Waals surface area contributed by atoms with Gasteiger partial charge in [-0.15, -0.1) is 0 Å². The van der Waals surface area contributed by atoms with E-state index in [1.807, 2.05) is 6.92 Å². The number of benzene rings is 2. The van der Waals surface area contributed by atoms with Crippen molar-refractivity contribution in [3.05, 3.63) is 58.6 Å². The molecule has 3 aromatic rings. The first-order valence-corrected chi connectivity index (χ1v) is 13.5. The van der Waals surface area contributed by atoms with E-state index in [2.05, 4.69) is 4.99 Å². The Bertz CT molecular complexity index is 1430. The highest BCUT2D eigenvalue weighted by Gasteiger charge is 2.33. The van der Waals surface area contributed by atoms with Crippen molar-refractivity contribution in [3.63, 3.8) is 0 Å². The topological polar surface area (TPSA) is 98.0 Å². The van der Waals surface area contributed by atoms with Gasteiger partial charge in [0.1, 0.15) is 12.4 Å². The number of esters is 1. The third-order valence-corrected chi connectivity index (χ3v) is 8.77. The van der Waals surface area contributed by atoms with Gasteiger partial charge in [0, 0.05) is 13.1 Å². The summed E-state index contributed by atoms with van der Waals surface area (Å²) < 4.78 is 49.0. The molecule has 1 aliphatic rings. The summed E-state index contributed by atoms with van der Waals surface area (Å²) in [7, 11) is -3.75. The Kier molecular flexibility index (Phi) is 7.48. The molecule has 0 radical (unpaired) electrons. The fraction of sp³-hybridized carbons (Fsp3) is 0.375. The van der Waals surface area contributed by atoms with Crippen molar-refractivity contribution in [2.75, 3.05) is 19.7 Å². The number of hydrogen-bond donors (Lipinski definition) is 0. The van der Waals surface area contributed by atoms with E-state index in [0.29, 0.717) is 24.1 Å². The van der Waals surface area contributed by atoms with Crippen molar-refractivity contribution >= 4 is 43.5 Å². The fourth-order valence-corrected chi connectivity index (χ4v) is 6.63. The highest BCUT2D eigenvalue weighted by Crippen LogP contribution is 2.25. The Morgan fingerprint density at radius 3 is 2.66 bits per heavy atom. The quantitative estimate of drug-likeness (QED) is 0.466. The van der Waals surface area contributed by atoms with Crippen LogP contribution in [-0.2, 0) is 30.9 Å². The number of aryl methyl sites for hydroxylation is 1. The van der Waals surface area contributed by atoms with E-state index >= 15 is 0 Å². The predicted molar refractivity (Wildman–Crippen MR) is 130 cm³/mol. The van der Waals surface area contributed by atoms with Crippen molar-refractivity contribution < 1.29 is 27.1 Å². The van der Waals surface area contributed by atoms with Crippen molar-refractivity contribution in [1.82, 2.24) is 8.87 Å². The van der Waals surface area contributed by atoms with E-state index in [-0.39, 0.29) is 34.9 Å². The molecule has 4 rings (SSSR count). The second-order valence-corrected chi connectivity index (χ2v) is 11.3. The average molecular weight is 520 g/mol. The van der Waals surface area contributed by atoms with Crippen molar-refractivity contribution in [1.29, 1.82) is 0 Å². The van der Waals surface area contributed by atoms with E-state index < -0.39 is 33.6 Å². The number of rotatable bonds is 6. The third-order valence-electron chi connectivity index (χ3n) is 5.84. The summed E-state index contributed by atoms with van der Waals surface area (Å²) in [5.41, 5.74) is 1.12. The molecule has 0 spiro atoms. The lowest BCUT2D eigenvalue weighted by molar-refractivity contribution is -0.143. The minimum Gasteiger partial charge on any atom is -0.465 e. The molecule has 35 heavy (non-hydrogen) atoms. The summed E-state index contributed by atoms with van der Waals surface area (Å²) >= 11 is 1.09. The van der Waals surface area contributed by atoms with Crippen LogP contribution in [0.4, 0.5) is 4.39 Å². The van der Waals surface area contributed by atoms with Gasteiger partial charge in [-0.05, 0) is 51.0 Å². The van der Waals surface area contributed by atoms with Crippen LogP contribution in [0.3, 0.4) is 0 Å². The molecule has 186 valence electrons. The molecule has 1 fully saturated rings. The first-order valence-electron chi connectivity index (χ1n) is 11.3. The number of para-hydroxylation sites is 1. The number of aromatic nitrogens is 1. The number of nitrogens with zero attached hydrogens (tertiary/aromatic N) is 3. The van der Waals surface area contributed by atoms with Crippen LogP contribution in [0.2, 0.25) is 0 Å². The van der Waals surface area contributed by atoms with E-state index in [1.54, 1.807) is 43.3 Å². The lowest BCUT2D eigenvalue weighted by atomic mass is 9.99. The van der Waals surface area contributed by atoms with Gasteiger partial charge in [0.25, 0.3) is 5.91 Å². The smallest absolute Gasteiger partial charge is 0.326 e. The molecule has 1 amide bonds. The Morgan fingerprint density at radius 2 is 1.94 bits per heavy atom. The zero-order valence-electron chi connectivity index (χ0n) is 19.4. The number of thiazole rings is 1. The molecule has 1 unspecified atom stereocenters. The number of halogens is 1.